The molecule has 3 aromatic rings. The normalized spacial score (nSPS) is 19.3. The Bertz CT molecular complexity index is 1280. The van der Waals surface area contributed by atoms with Crippen LogP contribution in [0.3, 0.4) is 0 Å². The summed E-state index contributed by atoms with van der Waals surface area (Å²) in [5.74, 6) is 0.864. The van der Waals surface area contributed by atoms with Crippen molar-refractivity contribution in [2.75, 3.05) is 46.0 Å². The predicted molar refractivity (Wildman–Crippen MR) is 151 cm³/mol. The maximum atomic E-state index is 13.3. The fourth-order valence-electron chi connectivity index (χ4n) is 6.05. The number of tetrazole rings is 1. The summed E-state index contributed by atoms with van der Waals surface area (Å²) in [6.45, 7) is 13.7. The van der Waals surface area contributed by atoms with Crippen molar-refractivity contribution in [3.63, 3.8) is 0 Å². The van der Waals surface area contributed by atoms with Gasteiger partial charge in [0.2, 0.25) is 0 Å². The van der Waals surface area contributed by atoms with Crippen LogP contribution < -0.4 is 5.56 Å². The number of morpholine rings is 1. The third-order valence-electron chi connectivity index (χ3n) is 8.03. The number of pyridine rings is 1. The van der Waals surface area contributed by atoms with Gasteiger partial charge in [-0.05, 0) is 79.6 Å². The molecule has 5 rings (SSSR count). The van der Waals surface area contributed by atoms with Crippen LogP contribution in [0.25, 0.3) is 10.9 Å². The van der Waals surface area contributed by atoms with Crippen molar-refractivity contribution in [3.8, 4) is 0 Å². The number of aromatic amines is 1. The third kappa shape index (κ3) is 6.92. The van der Waals surface area contributed by atoms with Gasteiger partial charge < -0.3 is 14.5 Å². The Morgan fingerprint density at radius 3 is 2.79 bits per heavy atom. The Labute approximate surface area is 230 Å². The topological polar surface area (TPSA) is 101 Å². The fourth-order valence-corrected chi connectivity index (χ4v) is 6.05. The number of hydrogen-bond donors (Lipinski definition) is 1. The molecule has 0 aliphatic carbocycles. The SMILES string of the molecule is CCC[C@H](c1nnnn1C[C@H]1CCCO1)N(CCCN1CCOCC1)Cc1cc2cc(C)cc(C)c2[nH]c1=O. The molecule has 4 heterocycles. The van der Waals surface area contributed by atoms with Crippen LogP contribution in [0.1, 0.15) is 67.6 Å². The summed E-state index contributed by atoms with van der Waals surface area (Å²) in [4.78, 5) is 21.4. The molecule has 10 heteroatoms. The van der Waals surface area contributed by atoms with Crippen LogP contribution in [0, 0.1) is 13.8 Å². The zero-order valence-corrected chi connectivity index (χ0v) is 23.7. The molecule has 1 aromatic carbocycles. The molecule has 10 nitrogen and oxygen atoms in total. The minimum Gasteiger partial charge on any atom is -0.379 e. The zero-order chi connectivity index (χ0) is 27.2. The second kappa shape index (κ2) is 13.1. The molecule has 212 valence electrons. The second-order valence-electron chi connectivity index (χ2n) is 11.1. The Kier molecular flexibility index (Phi) is 9.39. The molecule has 39 heavy (non-hydrogen) atoms. The van der Waals surface area contributed by atoms with Crippen LogP contribution in [-0.2, 0) is 22.6 Å². The minimum atomic E-state index is -0.0261. The van der Waals surface area contributed by atoms with Crippen molar-refractivity contribution in [2.45, 2.75) is 78.1 Å². The molecule has 2 fully saturated rings. The van der Waals surface area contributed by atoms with Crippen LogP contribution in [-0.4, -0.2) is 87.1 Å². The molecular formula is C29H43N7O3. The Hall–Kier alpha value is -2.66. The van der Waals surface area contributed by atoms with Crippen molar-refractivity contribution >= 4 is 10.9 Å². The first kappa shape index (κ1) is 27.9. The monoisotopic (exact) mass is 537 g/mol. The molecule has 2 aliphatic heterocycles. The first-order valence-electron chi connectivity index (χ1n) is 14.6. The molecule has 0 unspecified atom stereocenters. The molecule has 0 spiro atoms. The molecule has 1 N–H and O–H groups in total. The summed E-state index contributed by atoms with van der Waals surface area (Å²) >= 11 is 0. The van der Waals surface area contributed by atoms with Crippen molar-refractivity contribution in [1.82, 2.24) is 35.0 Å². The molecule has 2 saturated heterocycles. The number of nitrogens with zero attached hydrogens (tertiary/aromatic N) is 6. The van der Waals surface area contributed by atoms with Crippen LogP contribution in [0.2, 0.25) is 0 Å². The van der Waals surface area contributed by atoms with E-state index in [0.29, 0.717) is 13.1 Å². The van der Waals surface area contributed by atoms with Gasteiger partial charge in [0.25, 0.3) is 5.56 Å². The van der Waals surface area contributed by atoms with E-state index in [0.717, 1.165) is 106 Å². The molecule has 2 atom stereocenters. The molecule has 0 saturated carbocycles. The van der Waals surface area contributed by atoms with E-state index in [-0.39, 0.29) is 17.7 Å². The molecule has 2 aliphatic rings. The molecular weight excluding hydrogens is 494 g/mol. The summed E-state index contributed by atoms with van der Waals surface area (Å²) in [5.41, 5.74) is 3.95. The number of rotatable bonds is 12. The van der Waals surface area contributed by atoms with Crippen LogP contribution in [0.5, 0.6) is 0 Å². The quantitative estimate of drug-likeness (QED) is 0.375. The number of nitrogens with one attached hydrogen (secondary N) is 1. The van der Waals surface area contributed by atoms with E-state index >= 15 is 0 Å². The highest BCUT2D eigenvalue weighted by Crippen LogP contribution is 2.28. The van der Waals surface area contributed by atoms with Crippen LogP contribution >= 0.6 is 0 Å². The van der Waals surface area contributed by atoms with Crippen molar-refractivity contribution in [2.24, 2.45) is 0 Å². The number of aryl methyl sites for hydroxylation is 2. The molecule has 2 aromatic heterocycles. The number of H-pyrrole nitrogens is 1. The van der Waals surface area contributed by atoms with Gasteiger partial charge in [-0.2, -0.15) is 0 Å². The summed E-state index contributed by atoms with van der Waals surface area (Å²) in [6.07, 6.45) is 5.16. The van der Waals surface area contributed by atoms with E-state index in [2.05, 4.69) is 62.4 Å². The second-order valence-corrected chi connectivity index (χ2v) is 11.1. The van der Waals surface area contributed by atoms with Crippen molar-refractivity contribution < 1.29 is 9.47 Å². The van der Waals surface area contributed by atoms with Crippen LogP contribution in [0.4, 0.5) is 0 Å². The first-order chi connectivity index (χ1) is 19.0. The minimum absolute atomic E-state index is 0.00503. The highest BCUT2D eigenvalue weighted by molar-refractivity contribution is 5.82. The highest BCUT2D eigenvalue weighted by Gasteiger charge is 2.28. The number of aromatic nitrogens is 5. The van der Waals surface area contributed by atoms with Gasteiger partial charge in [0.05, 0.1) is 37.4 Å². The van der Waals surface area contributed by atoms with Crippen molar-refractivity contribution in [1.29, 1.82) is 0 Å². The lowest BCUT2D eigenvalue weighted by Crippen LogP contribution is -2.39. The Balaban J connectivity index is 1.43. The van der Waals surface area contributed by atoms with Gasteiger partial charge in [0.1, 0.15) is 0 Å². The van der Waals surface area contributed by atoms with E-state index in [4.69, 9.17) is 9.47 Å². The van der Waals surface area contributed by atoms with Gasteiger partial charge in [-0.15, -0.1) is 5.10 Å². The van der Waals surface area contributed by atoms with Gasteiger partial charge >= 0.3 is 0 Å². The van der Waals surface area contributed by atoms with E-state index in [1.807, 2.05) is 11.6 Å². The van der Waals surface area contributed by atoms with Gasteiger partial charge in [-0.1, -0.05) is 25.0 Å². The standard InChI is InChI=1S/C29H43N7O3/c1-4-7-26(28-31-32-33-36(28)20-25-8-5-13-39-25)35(10-6-9-34-11-14-38-15-12-34)19-24-18-23-17-21(2)16-22(3)27(23)30-29(24)37/h16-18,25-26H,4-15,19-20H2,1-3H3,(H,30,37)/t25-,26-/m1/s1. The lowest BCUT2D eigenvalue weighted by molar-refractivity contribution is 0.0347. The Morgan fingerprint density at radius 1 is 1.18 bits per heavy atom. The number of benzene rings is 1. The number of hydrogen-bond acceptors (Lipinski definition) is 8. The van der Waals surface area contributed by atoms with E-state index in [1.165, 1.54) is 5.56 Å². The van der Waals surface area contributed by atoms with Crippen LogP contribution in [0.15, 0.2) is 23.0 Å². The van der Waals surface area contributed by atoms with Gasteiger partial charge in [-0.3, -0.25) is 14.6 Å². The number of ether oxygens (including phenoxy) is 2. The maximum absolute atomic E-state index is 13.3. The van der Waals surface area contributed by atoms with Gasteiger partial charge in [0, 0.05) is 38.3 Å². The summed E-state index contributed by atoms with van der Waals surface area (Å²) in [5, 5.41) is 14.0. The molecule has 0 amide bonds. The average Bonchev–Trinajstić information content (AvgIpc) is 3.61. The summed E-state index contributed by atoms with van der Waals surface area (Å²) in [7, 11) is 0. The zero-order valence-electron chi connectivity index (χ0n) is 23.7. The van der Waals surface area contributed by atoms with E-state index < -0.39 is 0 Å². The third-order valence-corrected chi connectivity index (χ3v) is 8.03. The average molecular weight is 538 g/mol. The van der Waals surface area contributed by atoms with E-state index in [1.54, 1.807) is 0 Å². The predicted octanol–water partition coefficient (Wildman–Crippen LogP) is 3.38. The Morgan fingerprint density at radius 2 is 2.03 bits per heavy atom. The largest absolute Gasteiger partial charge is 0.379 e. The highest BCUT2D eigenvalue weighted by atomic mass is 16.5. The lowest BCUT2D eigenvalue weighted by Gasteiger charge is -2.32. The molecule has 0 bridgehead atoms. The lowest BCUT2D eigenvalue weighted by atomic mass is 10.0. The smallest absolute Gasteiger partial charge is 0.252 e. The van der Waals surface area contributed by atoms with Crippen molar-refractivity contribution in [3.05, 3.63) is 51.1 Å². The molecule has 0 radical (unpaired) electrons. The summed E-state index contributed by atoms with van der Waals surface area (Å²) < 4.78 is 13.4. The first-order valence-corrected chi connectivity index (χ1v) is 14.6. The van der Waals surface area contributed by atoms with Gasteiger partial charge in [-0.25, -0.2) is 4.68 Å². The fraction of sp³-hybridized carbons (Fsp3) is 0.655. The number of fused-ring (bicyclic) bond motifs is 1. The van der Waals surface area contributed by atoms with Gasteiger partial charge in [0.15, 0.2) is 5.82 Å². The summed E-state index contributed by atoms with van der Waals surface area (Å²) in [6, 6.07) is 6.34. The van der Waals surface area contributed by atoms with E-state index in [9.17, 15) is 4.79 Å². The maximum Gasteiger partial charge on any atom is 0.252 e.